The van der Waals surface area contributed by atoms with Crippen molar-refractivity contribution in [2.24, 2.45) is 5.92 Å². The molecule has 2 heterocycles. The normalized spacial score (nSPS) is 17.9. The van der Waals surface area contributed by atoms with Crippen LogP contribution in [0.25, 0.3) is 0 Å². The van der Waals surface area contributed by atoms with Gasteiger partial charge in [-0.15, -0.1) is 0 Å². The number of benzene rings is 2. The zero-order valence-electron chi connectivity index (χ0n) is 18.2. The standard InChI is InChI=1S/C24H30N2O4S/c1-3-30-23-9-8-22(16-18(23)2)31(28,29)26-14-11-20(12-15-26)24(27)25-13-10-19-6-4-5-7-21(19)17-25/h4-9,16,20H,3,10-15,17H2,1-2H3. The van der Waals surface area contributed by atoms with Crippen LogP contribution in [0.2, 0.25) is 0 Å². The first kappa shape index (κ1) is 21.8. The Labute approximate surface area is 184 Å². The number of hydrogen-bond acceptors (Lipinski definition) is 4. The maximum Gasteiger partial charge on any atom is 0.243 e. The van der Waals surface area contributed by atoms with Gasteiger partial charge in [-0.05, 0) is 68.0 Å². The molecule has 4 rings (SSSR count). The Hall–Kier alpha value is -2.38. The lowest BCUT2D eigenvalue weighted by Crippen LogP contribution is -2.45. The highest BCUT2D eigenvalue weighted by Gasteiger charge is 2.34. The summed E-state index contributed by atoms with van der Waals surface area (Å²) < 4.78 is 33.3. The second-order valence-electron chi connectivity index (χ2n) is 8.32. The first-order valence-corrected chi connectivity index (χ1v) is 12.4. The molecule has 0 aliphatic carbocycles. The number of rotatable bonds is 5. The number of ether oxygens (including phenoxy) is 1. The monoisotopic (exact) mass is 442 g/mol. The highest BCUT2D eigenvalue weighted by Crippen LogP contribution is 2.29. The minimum atomic E-state index is -3.58. The summed E-state index contributed by atoms with van der Waals surface area (Å²) in [6.07, 6.45) is 2.00. The second kappa shape index (κ2) is 9.01. The van der Waals surface area contributed by atoms with E-state index in [-0.39, 0.29) is 16.7 Å². The van der Waals surface area contributed by atoms with Gasteiger partial charge in [-0.3, -0.25) is 4.79 Å². The number of carbonyl (C=O) groups excluding carboxylic acids is 1. The van der Waals surface area contributed by atoms with Gasteiger partial charge in [0.25, 0.3) is 0 Å². The van der Waals surface area contributed by atoms with Crippen molar-refractivity contribution < 1.29 is 17.9 Å². The van der Waals surface area contributed by atoms with Crippen molar-refractivity contribution in [3.63, 3.8) is 0 Å². The van der Waals surface area contributed by atoms with Crippen molar-refractivity contribution in [2.45, 2.75) is 44.6 Å². The molecule has 0 N–H and O–H groups in total. The van der Waals surface area contributed by atoms with Gasteiger partial charge >= 0.3 is 0 Å². The van der Waals surface area contributed by atoms with E-state index in [1.807, 2.05) is 30.9 Å². The Morgan fingerprint density at radius 2 is 1.77 bits per heavy atom. The largest absolute Gasteiger partial charge is 0.494 e. The summed E-state index contributed by atoms with van der Waals surface area (Å²) in [7, 11) is -3.58. The van der Waals surface area contributed by atoms with Gasteiger partial charge in [-0.25, -0.2) is 8.42 Å². The highest BCUT2D eigenvalue weighted by atomic mass is 32.2. The fourth-order valence-electron chi connectivity index (χ4n) is 4.53. The summed E-state index contributed by atoms with van der Waals surface area (Å²) in [5.74, 6) is 0.746. The zero-order valence-corrected chi connectivity index (χ0v) is 19.0. The number of piperidine rings is 1. The molecule has 1 saturated heterocycles. The zero-order chi connectivity index (χ0) is 22.0. The molecule has 0 radical (unpaired) electrons. The number of carbonyl (C=O) groups is 1. The van der Waals surface area contributed by atoms with Crippen LogP contribution in [0, 0.1) is 12.8 Å². The smallest absolute Gasteiger partial charge is 0.243 e. The molecule has 1 fully saturated rings. The number of hydrogen-bond donors (Lipinski definition) is 0. The summed E-state index contributed by atoms with van der Waals surface area (Å²) >= 11 is 0. The predicted molar refractivity (Wildman–Crippen MR) is 119 cm³/mol. The first-order valence-electron chi connectivity index (χ1n) is 11.0. The summed E-state index contributed by atoms with van der Waals surface area (Å²) in [6, 6.07) is 13.3. The molecule has 0 aromatic heterocycles. The van der Waals surface area contributed by atoms with E-state index in [9.17, 15) is 13.2 Å². The van der Waals surface area contributed by atoms with Crippen molar-refractivity contribution in [2.75, 3.05) is 26.2 Å². The maximum absolute atomic E-state index is 13.1. The van der Waals surface area contributed by atoms with Gasteiger partial charge in [-0.2, -0.15) is 4.31 Å². The van der Waals surface area contributed by atoms with Crippen molar-refractivity contribution in [3.8, 4) is 5.75 Å². The molecular formula is C24H30N2O4S. The first-order chi connectivity index (χ1) is 14.9. The molecule has 2 aromatic rings. The molecule has 6 nitrogen and oxygen atoms in total. The molecule has 1 amide bonds. The molecule has 2 aromatic carbocycles. The van der Waals surface area contributed by atoms with Crippen LogP contribution < -0.4 is 4.74 Å². The third-order valence-electron chi connectivity index (χ3n) is 6.33. The van der Waals surface area contributed by atoms with Crippen LogP contribution in [-0.2, 0) is 27.8 Å². The molecule has 31 heavy (non-hydrogen) atoms. The minimum absolute atomic E-state index is 0.112. The minimum Gasteiger partial charge on any atom is -0.494 e. The molecule has 7 heteroatoms. The Morgan fingerprint density at radius 1 is 1.06 bits per heavy atom. The van der Waals surface area contributed by atoms with Gasteiger partial charge in [0.2, 0.25) is 15.9 Å². The van der Waals surface area contributed by atoms with E-state index in [4.69, 9.17) is 4.74 Å². The lowest BCUT2D eigenvalue weighted by Gasteiger charge is -2.35. The quantitative estimate of drug-likeness (QED) is 0.712. The average molecular weight is 443 g/mol. The van der Waals surface area contributed by atoms with E-state index in [2.05, 4.69) is 12.1 Å². The van der Waals surface area contributed by atoms with Crippen LogP contribution >= 0.6 is 0 Å². The fraction of sp³-hybridized carbons (Fsp3) is 0.458. The number of amides is 1. The van der Waals surface area contributed by atoms with Crippen LogP contribution in [0.4, 0.5) is 0 Å². The summed E-state index contributed by atoms with van der Waals surface area (Å²) in [6.45, 7) is 6.42. The maximum atomic E-state index is 13.1. The van der Waals surface area contributed by atoms with E-state index >= 15 is 0 Å². The van der Waals surface area contributed by atoms with E-state index in [0.717, 1.165) is 18.5 Å². The second-order valence-corrected chi connectivity index (χ2v) is 10.3. The van der Waals surface area contributed by atoms with Crippen LogP contribution in [-0.4, -0.2) is 49.8 Å². The third kappa shape index (κ3) is 4.48. The summed E-state index contributed by atoms with van der Waals surface area (Å²) in [4.78, 5) is 15.3. The van der Waals surface area contributed by atoms with Gasteiger partial charge in [-0.1, -0.05) is 24.3 Å². The SMILES string of the molecule is CCOc1ccc(S(=O)(=O)N2CCC(C(=O)N3CCc4ccccc4C3)CC2)cc1C. The van der Waals surface area contributed by atoms with Gasteiger partial charge < -0.3 is 9.64 Å². The number of aryl methyl sites for hydroxylation is 1. The van der Waals surface area contributed by atoms with Gasteiger partial charge in [0, 0.05) is 32.1 Å². The van der Waals surface area contributed by atoms with Crippen LogP contribution in [0.1, 0.15) is 36.5 Å². The van der Waals surface area contributed by atoms with Gasteiger partial charge in [0.1, 0.15) is 5.75 Å². The molecule has 2 aliphatic heterocycles. The molecule has 0 unspecified atom stereocenters. The Morgan fingerprint density at radius 3 is 2.45 bits per heavy atom. The molecule has 0 bridgehead atoms. The predicted octanol–water partition coefficient (Wildman–Crippen LogP) is 3.38. The summed E-state index contributed by atoms with van der Waals surface area (Å²) in [5, 5.41) is 0. The van der Waals surface area contributed by atoms with Crippen LogP contribution in [0.5, 0.6) is 5.75 Å². The number of fused-ring (bicyclic) bond motifs is 1. The molecule has 166 valence electrons. The number of sulfonamides is 1. The van der Waals surface area contributed by atoms with Gasteiger partial charge in [0.05, 0.1) is 11.5 Å². The van der Waals surface area contributed by atoms with Crippen molar-refractivity contribution in [1.82, 2.24) is 9.21 Å². The molecule has 0 atom stereocenters. The van der Waals surface area contributed by atoms with E-state index in [1.165, 1.54) is 15.4 Å². The lowest BCUT2D eigenvalue weighted by atomic mass is 9.94. The van der Waals surface area contributed by atoms with Gasteiger partial charge in [0.15, 0.2) is 0 Å². The van der Waals surface area contributed by atoms with Crippen molar-refractivity contribution in [3.05, 3.63) is 59.2 Å². The van der Waals surface area contributed by atoms with E-state index < -0.39 is 10.0 Å². The summed E-state index contributed by atoms with van der Waals surface area (Å²) in [5.41, 5.74) is 3.34. The van der Waals surface area contributed by atoms with E-state index in [1.54, 1.807) is 18.2 Å². The lowest BCUT2D eigenvalue weighted by molar-refractivity contribution is -0.137. The topological polar surface area (TPSA) is 66.9 Å². The molecule has 2 aliphatic rings. The Balaban J connectivity index is 1.39. The highest BCUT2D eigenvalue weighted by molar-refractivity contribution is 7.89. The average Bonchev–Trinajstić information content (AvgIpc) is 2.79. The number of nitrogens with zero attached hydrogens (tertiary/aromatic N) is 2. The Bertz CT molecular complexity index is 1060. The molecule has 0 saturated carbocycles. The van der Waals surface area contributed by atoms with E-state index in [0.29, 0.717) is 44.8 Å². The third-order valence-corrected chi connectivity index (χ3v) is 8.22. The Kier molecular flexibility index (Phi) is 6.34. The van der Waals surface area contributed by atoms with Crippen molar-refractivity contribution in [1.29, 1.82) is 0 Å². The van der Waals surface area contributed by atoms with Crippen LogP contribution in [0.3, 0.4) is 0 Å². The fourth-order valence-corrected chi connectivity index (χ4v) is 6.09. The van der Waals surface area contributed by atoms with Crippen LogP contribution in [0.15, 0.2) is 47.4 Å². The van der Waals surface area contributed by atoms with Crippen molar-refractivity contribution >= 4 is 15.9 Å². The molecular weight excluding hydrogens is 412 g/mol. The molecule has 0 spiro atoms.